The van der Waals surface area contributed by atoms with Crippen molar-refractivity contribution in [3.63, 3.8) is 0 Å². The number of hydrogen-bond acceptors (Lipinski definition) is 7. The Morgan fingerprint density at radius 1 is 1.19 bits per heavy atom. The van der Waals surface area contributed by atoms with Gasteiger partial charge in [0.15, 0.2) is 5.13 Å². The first-order valence-corrected chi connectivity index (χ1v) is 9.76. The summed E-state index contributed by atoms with van der Waals surface area (Å²) >= 11 is 2.67. The zero-order valence-electron chi connectivity index (χ0n) is 14.2. The van der Waals surface area contributed by atoms with Gasteiger partial charge >= 0.3 is 5.91 Å². The second kappa shape index (κ2) is 6.98. The van der Waals surface area contributed by atoms with Crippen molar-refractivity contribution in [3.05, 3.63) is 69.4 Å². The fourth-order valence-corrected chi connectivity index (χ4v) is 4.50. The predicted molar refractivity (Wildman–Crippen MR) is 104 cm³/mol. The van der Waals surface area contributed by atoms with Crippen LogP contribution < -0.4 is 9.64 Å². The van der Waals surface area contributed by atoms with Crippen LogP contribution in [0.5, 0.6) is 5.75 Å². The first-order chi connectivity index (χ1) is 13.1. The molecule has 1 aromatic carbocycles. The number of anilines is 1. The van der Waals surface area contributed by atoms with Crippen LogP contribution in [0.2, 0.25) is 0 Å². The lowest BCUT2D eigenvalue weighted by Crippen LogP contribution is -2.28. The number of ether oxygens (including phenoxy) is 1. The third kappa shape index (κ3) is 2.92. The number of Topliss-reactive ketones (excluding diaryl/α,β-unsaturated/α-hetero) is 1. The Balaban J connectivity index is 1.92. The summed E-state index contributed by atoms with van der Waals surface area (Å²) in [4.78, 5) is 31.9. The summed E-state index contributed by atoms with van der Waals surface area (Å²) in [6, 6.07) is 9.70. The highest BCUT2D eigenvalue weighted by Crippen LogP contribution is 2.44. The summed E-state index contributed by atoms with van der Waals surface area (Å²) in [5.41, 5.74) is 0.457. The summed E-state index contributed by atoms with van der Waals surface area (Å²) in [5, 5.41) is 14.9. The first-order valence-electron chi connectivity index (χ1n) is 8.00. The van der Waals surface area contributed by atoms with Crippen LogP contribution in [0.1, 0.15) is 16.5 Å². The highest BCUT2D eigenvalue weighted by atomic mass is 32.1. The minimum Gasteiger partial charge on any atom is -0.507 e. The van der Waals surface area contributed by atoms with Gasteiger partial charge in [0.1, 0.15) is 17.6 Å². The maximum atomic E-state index is 12.8. The van der Waals surface area contributed by atoms with Crippen LogP contribution >= 0.6 is 22.7 Å². The predicted octanol–water partition coefficient (Wildman–Crippen LogP) is 3.84. The van der Waals surface area contributed by atoms with E-state index in [2.05, 4.69) is 4.98 Å². The van der Waals surface area contributed by atoms with Crippen molar-refractivity contribution in [2.45, 2.75) is 6.04 Å². The number of amides is 1. The van der Waals surface area contributed by atoms with Gasteiger partial charge in [0, 0.05) is 22.0 Å². The lowest BCUT2D eigenvalue weighted by Gasteiger charge is -2.21. The Labute approximate surface area is 163 Å². The molecule has 3 aromatic rings. The van der Waals surface area contributed by atoms with Crippen LogP contribution in [-0.2, 0) is 9.59 Å². The van der Waals surface area contributed by atoms with E-state index in [1.807, 2.05) is 17.5 Å². The number of aliphatic hydroxyl groups is 1. The number of carbonyl (C=O) groups is 2. The standard InChI is InChI=1S/C19H14N2O4S2/c1-25-12-5-2-4-11(10-12)16(22)14-15(13-6-3-8-26-13)21(18(24)17(14)23)19-20-7-9-27-19/h2-10,15,22H,1H3. The molecule has 1 fully saturated rings. The molecule has 4 rings (SSSR count). The number of carbonyl (C=O) groups excluding carboxylic acids is 2. The molecule has 0 spiro atoms. The average molecular weight is 398 g/mol. The van der Waals surface area contributed by atoms with E-state index in [0.29, 0.717) is 16.4 Å². The molecule has 2 aromatic heterocycles. The third-order valence-corrected chi connectivity index (χ3v) is 5.92. The van der Waals surface area contributed by atoms with Crippen LogP contribution in [0.3, 0.4) is 0 Å². The largest absolute Gasteiger partial charge is 0.507 e. The molecular weight excluding hydrogens is 384 g/mol. The smallest absolute Gasteiger partial charge is 0.301 e. The number of rotatable bonds is 4. The molecule has 0 aliphatic carbocycles. The molecule has 1 aliphatic rings. The lowest BCUT2D eigenvalue weighted by atomic mass is 10.00. The maximum Gasteiger partial charge on any atom is 0.301 e. The molecule has 0 saturated carbocycles. The zero-order valence-corrected chi connectivity index (χ0v) is 15.8. The van der Waals surface area contributed by atoms with E-state index >= 15 is 0 Å². The maximum absolute atomic E-state index is 12.8. The van der Waals surface area contributed by atoms with Crippen LogP contribution in [0.4, 0.5) is 5.13 Å². The minimum absolute atomic E-state index is 0.0471. The number of methoxy groups -OCH3 is 1. The van der Waals surface area contributed by atoms with Gasteiger partial charge < -0.3 is 9.84 Å². The average Bonchev–Trinajstić information content (AvgIpc) is 3.43. The summed E-state index contributed by atoms with van der Waals surface area (Å²) in [6.45, 7) is 0. The summed E-state index contributed by atoms with van der Waals surface area (Å²) in [5.74, 6) is -1.12. The number of thiophene rings is 1. The Morgan fingerprint density at radius 3 is 2.70 bits per heavy atom. The fourth-order valence-electron chi connectivity index (χ4n) is 3.01. The highest BCUT2D eigenvalue weighted by Gasteiger charge is 2.48. The Bertz CT molecular complexity index is 1030. The number of aromatic nitrogens is 1. The van der Waals surface area contributed by atoms with E-state index in [9.17, 15) is 14.7 Å². The van der Waals surface area contributed by atoms with Crippen molar-refractivity contribution in [2.75, 3.05) is 12.0 Å². The molecular formula is C19H14N2O4S2. The molecule has 1 amide bonds. The van der Waals surface area contributed by atoms with Gasteiger partial charge in [-0.2, -0.15) is 0 Å². The monoisotopic (exact) mass is 398 g/mol. The van der Waals surface area contributed by atoms with Gasteiger partial charge in [-0.3, -0.25) is 14.5 Å². The molecule has 1 saturated heterocycles. The third-order valence-electron chi connectivity index (χ3n) is 4.23. The van der Waals surface area contributed by atoms with Crippen molar-refractivity contribution < 1.29 is 19.4 Å². The van der Waals surface area contributed by atoms with E-state index in [1.165, 1.54) is 34.7 Å². The number of hydrogen-bond donors (Lipinski definition) is 1. The van der Waals surface area contributed by atoms with Gasteiger partial charge in [-0.25, -0.2) is 4.98 Å². The van der Waals surface area contributed by atoms with Crippen molar-refractivity contribution in [1.82, 2.24) is 4.98 Å². The van der Waals surface area contributed by atoms with Crippen molar-refractivity contribution >= 4 is 45.3 Å². The molecule has 136 valence electrons. The van der Waals surface area contributed by atoms with Gasteiger partial charge in [-0.15, -0.1) is 22.7 Å². The van der Waals surface area contributed by atoms with Crippen molar-refractivity contribution in [2.24, 2.45) is 0 Å². The van der Waals surface area contributed by atoms with Gasteiger partial charge in [-0.1, -0.05) is 18.2 Å². The highest BCUT2D eigenvalue weighted by molar-refractivity contribution is 7.14. The molecule has 1 unspecified atom stereocenters. The van der Waals surface area contributed by atoms with E-state index in [1.54, 1.807) is 35.8 Å². The lowest BCUT2D eigenvalue weighted by molar-refractivity contribution is -0.132. The number of aliphatic hydroxyl groups excluding tert-OH is 1. The SMILES string of the molecule is COc1cccc(C(O)=C2C(=O)C(=O)N(c3nccs3)C2c2cccs2)c1. The molecule has 3 heterocycles. The number of nitrogens with zero attached hydrogens (tertiary/aromatic N) is 2. The van der Waals surface area contributed by atoms with Crippen LogP contribution in [-0.4, -0.2) is 28.9 Å². The molecule has 1 atom stereocenters. The molecule has 8 heteroatoms. The van der Waals surface area contributed by atoms with Crippen molar-refractivity contribution in [1.29, 1.82) is 0 Å². The molecule has 1 N–H and O–H groups in total. The van der Waals surface area contributed by atoms with Crippen LogP contribution in [0.25, 0.3) is 5.76 Å². The van der Waals surface area contributed by atoms with Crippen LogP contribution in [0.15, 0.2) is 58.9 Å². The van der Waals surface area contributed by atoms with E-state index in [-0.39, 0.29) is 11.3 Å². The fraction of sp³-hybridized carbons (Fsp3) is 0.105. The first kappa shape index (κ1) is 17.4. The normalized spacial score (nSPS) is 18.9. The zero-order chi connectivity index (χ0) is 19.0. The molecule has 0 bridgehead atoms. The topological polar surface area (TPSA) is 79.7 Å². The van der Waals surface area contributed by atoms with E-state index < -0.39 is 17.7 Å². The van der Waals surface area contributed by atoms with Gasteiger partial charge in [0.2, 0.25) is 0 Å². The second-order valence-electron chi connectivity index (χ2n) is 5.73. The van der Waals surface area contributed by atoms with Gasteiger partial charge in [0.05, 0.1) is 12.7 Å². The summed E-state index contributed by atoms with van der Waals surface area (Å²) < 4.78 is 5.19. The molecule has 6 nitrogen and oxygen atoms in total. The minimum atomic E-state index is -0.732. The second-order valence-corrected chi connectivity index (χ2v) is 7.58. The molecule has 1 aliphatic heterocycles. The van der Waals surface area contributed by atoms with Gasteiger partial charge in [-0.05, 0) is 23.6 Å². The molecule has 27 heavy (non-hydrogen) atoms. The number of benzene rings is 1. The molecule has 0 radical (unpaired) electrons. The summed E-state index contributed by atoms with van der Waals surface area (Å²) in [7, 11) is 1.52. The van der Waals surface area contributed by atoms with Crippen molar-refractivity contribution in [3.8, 4) is 5.75 Å². The Kier molecular flexibility index (Phi) is 4.51. The van der Waals surface area contributed by atoms with E-state index in [4.69, 9.17) is 4.74 Å². The number of ketones is 1. The number of thiazole rings is 1. The Morgan fingerprint density at radius 2 is 2.04 bits per heavy atom. The van der Waals surface area contributed by atoms with Gasteiger partial charge in [0.25, 0.3) is 5.78 Å². The van der Waals surface area contributed by atoms with E-state index in [0.717, 1.165) is 4.88 Å². The summed E-state index contributed by atoms with van der Waals surface area (Å²) in [6.07, 6.45) is 1.58. The Hall–Kier alpha value is -2.97. The quantitative estimate of drug-likeness (QED) is 0.410. The van der Waals surface area contributed by atoms with Crippen LogP contribution in [0, 0.1) is 0 Å².